The van der Waals surface area contributed by atoms with E-state index in [1.807, 2.05) is 30.3 Å². The van der Waals surface area contributed by atoms with E-state index in [9.17, 15) is 4.79 Å². The van der Waals surface area contributed by atoms with Gasteiger partial charge in [-0.2, -0.15) is 0 Å². The molecule has 0 spiro atoms. The smallest absolute Gasteiger partial charge is 0.251 e. The van der Waals surface area contributed by atoms with Crippen LogP contribution in [0.5, 0.6) is 11.5 Å². The third kappa shape index (κ3) is 3.79. The van der Waals surface area contributed by atoms with Crippen LogP contribution in [0.15, 0.2) is 60.8 Å². The molecule has 0 atom stereocenters. The van der Waals surface area contributed by atoms with E-state index in [1.54, 1.807) is 49.1 Å². The Bertz CT molecular complexity index is 1220. The van der Waals surface area contributed by atoms with Gasteiger partial charge in [-0.05, 0) is 42.0 Å². The van der Waals surface area contributed by atoms with Crippen LogP contribution in [-0.2, 0) is 6.54 Å². The van der Waals surface area contributed by atoms with Gasteiger partial charge in [0.25, 0.3) is 5.91 Å². The zero-order valence-electron chi connectivity index (χ0n) is 16.4. The molecular formula is C22H19ClN4O3. The Balaban J connectivity index is 1.52. The van der Waals surface area contributed by atoms with E-state index in [-0.39, 0.29) is 5.91 Å². The number of pyridine rings is 1. The Hall–Kier alpha value is -3.58. The lowest BCUT2D eigenvalue weighted by molar-refractivity contribution is 0.0951. The van der Waals surface area contributed by atoms with Crippen molar-refractivity contribution >= 4 is 23.2 Å². The van der Waals surface area contributed by atoms with Crippen LogP contribution in [0.3, 0.4) is 0 Å². The van der Waals surface area contributed by atoms with Crippen LogP contribution < -0.4 is 14.8 Å². The molecule has 1 amide bonds. The van der Waals surface area contributed by atoms with E-state index in [0.29, 0.717) is 40.1 Å². The van der Waals surface area contributed by atoms with Crippen molar-refractivity contribution in [1.29, 1.82) is 0 Å². The second-order valence-corrected chi connectivity index (χ2v) is 6.93. The molecule has 0 aliphatic heterocycles. The molecule has 0 bridgehead atoms. The number of methoxy groups -OCH3 is 2. The van der Waals surface area contributed by atoms with Gasteiger partial charge in [-0.1, -0.05) is 29.8 Å². The van der Waals surface area contributed by atoms with Crippen LogP contribution >= 0.6 is 11.6 Å². The van der Waals surface area contributed by atoms with Gasteiger partial charge in [0, 0.05) is 23.9 Å². The van der Waals surface area contributed by atoms with Crippen LogP contribution in [0, 0.1) is 0 Å². The first-order valence-electron chi connectivity index (χ1n) is 9.19. The van der Waals surface area contributed by atoms with Gasteiger partial charge in [0.2, 0.25) is 0 Å². The van der Waals surface area contributed by atoms with E-state index >= 15 is 0 Å². The number of hydrogen-bond acceptors (Lipinski definition) is 5. The lowest BCUT2D eigenvalue weighted by Gasteiger charge is -2.10. The molecule has 0 fully saturated rings. The van der Waals surface area contributed by atoms with E-state index in [1.165, 1.54) is 0 Å². The van der Waals surface area contributed by atoms with Crippen molar-refractivity contribution < 1.29 is 14.3 Å². The topological polar surface area (TPSA) is 77.8 Å². The molecule has 8 heteroatoms. The van der Waals surface area contributed by atoms with E-state index < -0.39 is 0 Å². The fraction of sp³-hybridized carbons (Fsp3) is 0.136. The number of fused-ring (bicyclic) bond motifs is 1. The highest BCUT2D eigenvalue weighted by Crippen LogP contribution is 2.28. The zero-order valence-corrected chi connectivity index (χ0v) is 17.2. The van der Waals surface area contributed by atoms with Gasteiger partial charge in [-0.25, -0.2) is 0 Å². The molecule has 2 aromatic heterocycles. The summed E-state index contributed by atoms with van der Waals surface area (Å²) in [6.45, 7) is 0.349. The number of nitrogens with one attached hydrogen (secondary N) is 1. The number of nitrogens with zero attached hydrogens (tertiary/aromatic N) is 3. The van der Waals surface area contributed by atoms with Crippen LogP contribution in [0.2, 0.25) is 5.02 Å². The van der Waals surface area contributed by atoms with Crippen molar-refractivity contribution in [2.75, 3.05) is 14.2 Å². The normalized spacial score (nSPS) is 10.8. The van der Waals surface area contributed by atoms with Crippen LogP contribution in [-0.4, -0.2) is 34.7 Å². The lowest BCUT2D eigenvalue weighted by Crippen LogP contribution is -2.22. The number of hydrogen-bond donors (Lipinski definition) is 1. The second-order valence-electron chi connectivity index (χ2n) is 6.52. The van der Waals surface area contributed by atoms with Crippen molar-refractivity contribution in [1.82, 2.24) is 19.9 Å². The number of halogens is 1. The Morgan fingerprint density at radius 1 is 1.03 bits per heavy atom. The maximum absolute atomic E-state index is 12.6. The molecule has 2 heterocycles. The predicted octanol–water partition coefficient (Wildman–Crippen LogP) is 4.00. The first-order valence-corrected chi connectivity index (χ1v) is 9.57. The standard InChI is InChI=1S/C22H19ClN4O3/c1-29-18-8-7-14(11-19(18)30-2)13-24-22(28)15-9-10-27-20(12-15)25-26-21(27)16-5-3-4-6-17(16)23/h3-12H,13H2,1-2H3,(H,24,28). The van der Waals surface area contributed by atoms with Crippen molar-refractivity contribution in [3.8, 4) is 22.9 Å². The Kier molecular flexibility index (Phi) is 5.54. The Morgan fingerprint density at radius 2 is 1.83 bits per heavy atom. The fourth-order valence-corrected chi connectivity index (χ4v) is 3.35. The number of carbonyl (C=O) groups is 1. The highest BCUT2D eigenvalue weighted by Gasteiger charge is 2.14. The minimum Gasteiger partial charge on any atom is -0.493 e. The average Bonchev–Trinajstić information content (AvgIpc) is 3.20. The molecule has 1 N–H and O–H groups in total. The second kappa shape index (κ2) is 8.42. The minimum atomic E-state index is -0.213. The number of aromatic nitrogens is 3. The highest BCUT2D eigenvalue weighted by molar-refractivity contribution is 6.33. The van der Waals surface area contributed by atoms with E-state index in [2.05, 4.69) is 15.5 Å². The third-order valence-corrected chi connectivity index (χ3v) is 5.02. The van der Waals surface area contributed by atoms with Gasteiger partial charge >= 0.3 is 0 Å². The van der Waals surface area contributed by atoms with Gasteiger partial charge in [0.1, 0.15) is 0 Å². The molecule has 0 radical (unpaired) electrons. The highest BCUT2D eigenvalue weighted by atomic mass is 35.5. The molecule has 0 saturated heterocycles. The largest absolute Gasteiger partial charge is 0.493 e. The van der Waals surface area contributed by atoms with Crippen molar-refractivity contribution in [3.05, 3.63) is 76.9 Å². The third-order valence-electron chi connectivity index (χ3n) is 4.69. The monoisotopic (exact) mass is 422 g/mol. The van der Waals surface area contributed by atoms with Crippen LogP contribution in [0.25, 0.3) is 17.0 Å². The zero-order chi connectivity index (χ0) is 21.1. The molecule has 4 aromatic rings. The molecule has 152 valence electrons. The summed E-state index contributed by atoms with van der Waals surface area (Å²) in [7, 11) is 3.15. The lowest BCUT2D eigenvalue weighted by atomic mass is 10.2. The van der Waals surface area contributed by atoms with Gasteiger partial charge in [-0.15, -0.1) is 10.2 Å². The Morgan fingerprint density at radius 3 is 2.60 bits per heavy atom. The molecule has 4 rings (SSSR count). The van der Waals surface area contributed by atoms with Crippen LogP contribution in [0.4, 0.5) is 0 Å². The molecule has 0 unspecified atom stereocenters. The fourth-order valence-electron chi connectivity index (χ4n) is 3.13. The SMILES string of the molecule is COc1ccc(CNC(=O)c2ccn3c(-c4ccccc4Cl)nnc3c2)cc1OC. The van der Waals surface area contributed by atoms with Gasteiger partial charge < -0.3 is 14.8 Å². The first kappa shape index (κ1) is 19.7. The summed E-state index contributed by atoms with van der Waals surface area (Å²) in [5, 5.41) is 11.9. The predicted molar refractivity (Wildman–Crippen MR) is 114 cm³/mol. The molecule has 2 aromatic carbocycles. The molecule has 0 aliphatic rings. The summed E-state index contributed by atoms with van der Waals surface area (Å²) >= 11 is 6.28. The minimum absolute atomic E-state index is 0.213. The molecule has 0 aliphatic carbocycles. The van der Waals surface area contributed by atoms with Crippen LogP contribution in [0.1, 0.15) is 15.9 Å². The number of benzene rings is 2. The van der Waals surface area contributed by atoms with Gasteiger partial charge in [0.15, 0.2) is 23.0 Å². The van der Waals surface area contributed by atoms with Gasteiger partial charge in [0.05, 0.1) is 19.2 Å². The van der Waals surface area contributed by atoms with Crippen molar-refractivity contribution in [2.24, 2.45) is 0 Å². The summed E-state index contributed by atoms with van der Waals surface area (Å²) in [6.07, 6.45) is 1.76. The number of carbonyl (C=O) groups excluding carboxylic acids is 1. The summed E-state index contributed by atoms with van der Waals surface area (Å²) in [5.74, 6) is 1.66. The maximum Gasteiger partial charge on any atom is 0.251 e. The summed E-state index contributed by atoms with van der Waals surface area (Å²) in [6, 6.07) is 16.3. The summed E-state index contributed by atoms with van der Waals surface area (Å²) in [4.78, 5) is 12.6. The number of rotatable bonds is 6. The summed E-state index contributed by atoms with van der Waals surface area (Å²) in [5.41, 5.74) is 2.72. The first-order chi connectivity index (χ1) is 14.6. The molecule has 0 saturated carbocycles. The molecule has 30 heavy (non-hydrogen) atoms. The maximum atomic E-state index is 12.6. The van der Waals surface area contributed by atoms with Crippen molar-refractivity contribution in [3.63, 3.8) is 0 Å². The van der Waals surface area contributed by atoms with E-state index in [0.717, 1.165) is 11.1 Å². The van der Waals surface area contributed by atoms with Gasteiger partial charge in [-0.3, -0.25) is 9.20 Å². The molecular weight excluding hydrogens is 404 g/mol. The summed E-state index contributed by atoms with van der Waals surface area (Å²) < 4.78 is 12.3. The van der Waals surface area contributed by atoms with E-state index in [4.69, 9.17) is 21.1 Å². The van der Waals surface area contributed by atoms with Crippen molar-refractivity contribution in [2.45, 2.75) is 6.54 Å². The molecule has 7 nitrogen and oxygen atoms in total. The number of amides is 1. The number of ether oxygens (including phenoxy) is 2. The average molecular weight is 423 g/mol. The quantitative estimate of drug-likeness (QED) is 0.508. The Labute approximate surface area is 178 Å².